The van der Waals surface area contributed by atoms with Crippen LogP contribution in [0.1, 0.15) is 13.8 Å². The molecule has 0 aliphatic rings. The Hall–Kier alpha value is -1.42. The number of benzene rings is 1. The lowest BCUT2D eigenvalue weighted by atomic mass is 10.2. The average Bonchev–Trinajstić information content (AvgIpc) is 2.36. The minimum absolute atomic E-state index is 0.0362. The molecule has 96 valence electrons. The fraction of sp³-hybridized carbons (Fsp3) is 0.357. The van der Waals surface area contributed by atoms with Crippen molar-refractivity contribution in [2.24, 2.45) is 0 Å². The van der Waals surface area contributed by atoms with Crippen molar-refractivity contribution in [3.8, 4) is 0 Å². The number of thioether (sulfide) groups is 1. The molecule has 0 bridgehead atoms. The van der Waals surface area contributed by atoms with Gasteiger partial charge < -0.3 is 10.3 Å². The SMILES string of the molecule is CCSCC(C)Nc1cc2ccccc2c(=O)[nH]1. The van der Waals surface area contributed by atoms with Crippen molar-refractivity contribution in [1.29, 1.82) is 0 Å². The molecule has 0 amide bonds. The largest absolute Gasteiger partial charge is 0.368 e. The molecule has 2 aromatic rings. The van der Waals surface area contributed by atoms with Gasteiger partial charge in [0, 0.05) is 17.2 Å². The number of aromatic nitrogens is 1. The predicted octanol–water partition coefficient (Wildman–Crippen LogP) is 3.08. The van der Waals surface area contributed by atoms with E-state index in [-0.39, 0.29) is 5.56 Å². The van der Waals surface area contributed by atoms with Gasteiger partial charge in [-0.3, -0.25) is 4.79 Å². The number of rotatable bonds is 5. The summed E-state index contributed by atoms with van der Waals surface area (Å²) in [5.41, 5.74) is -0.0362. The third-order valence-electron chi connectivity index (χ3n) is 2.73. The van der Waals surface area contributed by atoms with Crippen molar-refractivity contribution in [3.63, 3.8) is 0 Å². The van der Waals surface area contributed by atoms with Crippen LogP contribution < -0.4 is 10.9 Å². The van der Waals surface area contributed by atoms with Gasteiger partial charge in [-0.05, 0) is 30.2 Å². The second kappa shape index (κ2) is 5.96. The summed E-state index contributed by atoms with van der Waals surface area (Å²) in [6.45, 7) is 4.27. The Morgan fingerprint density at radius 1 is 1.39 bits per heavy atom. The van der Waals surface area contributed by atoms with E-state index in [2.05, 4.69) is 24.1 Å². The van der Waals surface area contributed by atoms with E-state index in [1.165, 1.54) is 0 Å². The van der Waals surface area contributed by atoms with Crippen LogP contribution in [0.2, 0.25) is 0 Å². The van der Waals surface area contributed by atoms with Crippen LogP contribution in [-0.4, -0.2) is 22.5 Å². The van der Waals surface area contributed by atoms with E-state index in [1.807, 2.05) is 42.1 Å². The van der Waals surface area contributed by atoms with Gasteiger partial charge in [0.1, 0.15) is 5.82 Å². The molecule has 1 atom stereocenters. The van der Waals surface area contributed by atoms with Crippen molar-refractivity contribution >= 4 is 28.4 Å². The highest BCUT2D eigenvalue weighted by Gasteiger charge is 2.04. The highest BCUT2D eigenvalue weighted by molar-refractivity contribution is 7.99. The van der Waals surface area contributed by atoms with Gasteiger partial charge in [0.2, 0.25) is 0 Å². The molecule has 2 N–H and O–H groups in total. The summed E-state index contributed by atoms with van der Waals surface area (Å²) in [6, 6.07) is 9.96. The fourth-order valence-electron chi connectivity index (χ4n) is 1.89. The molecule has 2 rings (SSSR count). The molecule has 0 aliphatic carbocycles. The maximum absolute atomic E-state index is 11.9. The Balaban J connectivity index is 2.22. The average molecular weight is 262 g/mol. The summed E-state index contributed by atoms with van der Waals surface area (Å²) in [5, 5.41) is 5.04. The number of nitrogens with one attached hydrogen (secondary N) is 2. The molecular formula is C14H18N2OS. The maximum Gasteiger partial charge on any atom is 0.257 e. The Morgan fingerprint density at radius 2 is 2.17 bits per heavy atom. The van der Waals surface area contributed by atoms with Gasteiger partial charge in [0.05, 0.1) is 0 Å². The molecule has 1 aromatic heterocycles. The van der Waals surface area contributed by atoms with Gasteiger partial charge in [-0.25, -0.2) is 0 Å². The van der Waals surface area contributed by atoms with Crippen LogP contribution in [0, 0.1) is 0 Å². The number of anilines is 1. The maximum atomic E-state index is 11.9. The van der Waals surface area contributed by atoms with E-state index in [4.69, 9.17) is 0 Å². The monoisotopic (exact) mass is 262 g/mol. The molecule has 1 unspecified atom stereocenters. The first-order chi connectivity index (χ1) is 8.70. The zero-order valence-corrected chi connectivity index (χ0v) is 11.5. The summed E-state index contributed by atoms with van der Waals surface area (Å²) in [4.78, 5) is 14.8. The minimum atomic E-state index is -0.0362. The van der Waals surface area contributed by atoms with Crippen molar-refractivity contribution in [2.75, 3.05) is 16.8 Å². The molecule has 1 aromatic carbocycles. The molecule has 18 heavy (non-hydrogen) atoms. The van der Waals surface area contributed by atoms with Crippen LogP contribution in [0.25, 0.3) is 10.8 Å². The Kier molecular flexibility index (Phi) is 4.31. The van der Waals surface area contributed by atoms with Crippen molar-refractivity contribution in [2.45, 2.75) is 19.9 Å². The number of H-pyrrole nitrogens is 1. The zero-order valence-electron chi connectivity index (χ0n) is 10.7. The minimum Gasteiger partial charge on any atom is -0.368 e. The summed E-state index contributed by atoms with van der Waals surface area (Å²) >= 11 is 1.89. The van der Waals surface area contributed by atoms with Crippen LogP contribution in [-0.2, 0) is 0 Å². The molecule has 0 saturated heterocycles. The normalized spacial score (nSPS) is 12.6. The number of hydrogen-bond donors (Lipinski definition) is 2. The lowest BCUT2D eigenvalue weighted by Gasteiger charge is -2.14. The highest BCUT2D eigenvalue weighted by Crippen LogP contribution is 2.14. The number of pyridine rings is 1. The summed E-state index contributed by atoms with van der Waals surface area (Å²) in [5.74, 6) is 2.94. The molecular weight excluding hydrogens is 244 g/mol. The van der Waals surface area contributed by atoms with Crippen LogP contribution in [0.15, 0.2) is 35.1 Å². The lowest BCUT2D eigenvalue weighted by Crippen LogP contribution is -2.21. The van der Waals surface area contributed by atoms with Gasteiger partial charge in [-0.2, -0.15) is 11.8 Å². The predicted molar refractivity (Wildman–Crippen MR) is 80.7 cm³/mol. The molecule has 1 heterocycles. The first kappa shape index (κ1) is 13.0. The third kappa shape index (κ3) is 3.07. The molecule has 4 heteroatoms. The van der Waals surface area contributed by atoms with Gasteiger partial charge in [0.15, 0.2) is 0 Å². The topological polar surface area (TPSA) is 44.9 Å². The number of hydrogen-bond acceptors (Lipinski definition) is 3. The Morgan fingerprint density at radius 3 is 2.94 bits per heavy atom. The standard InChI is InChI=1S/C14H18N2OS/c1-3-18-9-10(2)15-13-8-11-6-4-5-7-12(11)14(17)16-13/h4-8,10H,3,9H2,1-2H3,(H2,15,16,17). The van der Waals surface area contributed by atoms with Crippen molar-refractivity contribution in [3.05, 3.63) is 40.7 Å². The molecule has 0 saturated carbocycles. The van der Waals surface area contributed by atoms with Crippen LogP contribution in [0.5, 0.6) is 0 Å². The van der Waals surface area contributed by atoms with E-state index >= 15 is 0 Å². The highest BCUT2D eigenvalue weighted by atomic mass is 32.2. The number of aromatic amines is 1. The second-order valence-corrected chi connectivity index (χ2v) is 5.62. The summed E-state index contributed by atoms with van der Waals surface area (Å²) < 4.78 is 0. The summed E-state index contributed by atoms with van der Waals surface area (Å²) in [7, 11) is 0. The van der Waals surface area contributed by atoms with Gasteiger partial charge >= 0.3 is 0 Å². The molecule has 3 nitrogen and oxygen atoms in total. The van der Waals surface area contributed by atoms with Gasteiger partial charge in [-0.1, -0.05) is 25.1 Å². The zero-order chi connectivity index (χ0) is 13.0. The second-order valence-electron chi connectivity index (χ2n) is 4.30. The van der Waals surface area contributed by atoms with E-state index in [0.717, 1.165) is 28.1 Å². The van der Waals surface area contributed by atoms with E-state index in [9.17, 15) is 4.79 Å². The quantitative estimate of drug-likeness (QED) is 0.870. The van der Waals surface area contributed by atoms with E-state index < -0.39 is 0 Å². The third-order valence-corrected chi connectivity index (χ3v) is 3.87. The molecule has 0 spiro atoms. The molecule has 0 aliphatic heterocycles. The van der Waals surface area contributed by atoms with Crippen LogP contribution >= 0.6 is 11.8 Å². The molecule has 0 fully saturated rings. The first-order valence-corrected chi connectivity index (χ1v) is 7.32. The van der Waals surface area contributed by atoms with E-state index in [1.54, 1.807) is 0 Å². The van der Waals surface area contributed by atoms with Crippen molar-refractivity contribution in [1.82, 2.24) is 4.98 Å². The first-order valence-electron chi connectivity index (χ1n) is 6.17. The van der Waals surface area contributed by atoms with E-state index in [0.29, 0.717) is 6.04 Å². The van der Waals surface area contributed by atoms with Crippen LogP contribution in [0.3, 0.4) is 0 Å². The molecule has 0 radical (unpaired) electrons. The number of fused-ring (bicyclic) bond motifs is 1. The van der Waals surface area contributed by atoms with Crippen molar-refractivity contribution < 1.29 is 0 Å². The Bertz CT molecular complexity index is 579. The fourth-order valence-corrected chi connectivity index (χ4v) is 2.56. The van der Waals surface area contributed by atoms with Gasteiger partial charge in [-0.15, -0.1) is 0 Å². The lowest BCUT2D eigenvalue weighted by molar-refractivity contribution is 0.901. The van der Waals surface area contributed by atoms with Gasteiger partial charge in [0.25, 0.3) is 5.56 Å². The summed E-state index contributed by atoms with van der Waals surface area (Å²) in [6.07, 6.45) is 0. The smallest absolute Gasteiger partial charge is 0.257 e. The van der Waals surface area contributed by atoms with Crippen LogP contribution in [0.4, 0.5) is 5.82 Å². The Labute approximate surface area is 111 Å².